The van der Waals surface area contributed by atoms with E-state index in [0.29, 0.717) is 16.5 Å². The van der Waals surface area contributed by atoms with Crippen LogP contribution in [-0.4, -0.2) is 10.9 Å². The Hall–Kier alpha value is -1.55. The van der Waals surface area contributed by atoms with Gasteiger partial charge in [-0.2, -0.15) is 0 Å². The molecule has 0 bridgehead atoms. The van der Waals surface area contributed by atoms with Gasteiger partial charge in [0.1, 0.15) is 5.15 Å². The third kappa shape index (κ3) is 3.06. The number of carbonyl (C=O) groups is 1. The lowest BCUT2D eigenvalue weighted by atomic mass is 10.2. The van der Waals surface area contributed by atoms with E-state index in [1.807, 2.05) is 0 Å². The molecule has 1 aromatic rings. The molecular formula is C9H10ClN3O. The first-order chi connectivity index (χ1) is 6.59. The number of hydrogen-bond acceptors (Lipinski definition) is 3. The summed E-state index contributed by atoms with van der Waals surface area (Å²) in [5, 5.41) is 0.359. The number of carbonyl (C=O) groups excluding carboxylic acids is 1. The fourth-order valence-corrected chi connectivity index (χ4v) is 1.04. The molecule has 4 N–H and O–H groups in total. The van der Waals surface area contributed by atoms with Crippen LogP contribution in [0.1, 0.15) is 12.1 Å². The number of amides is 1. The van der Waals surface area contributed by atoms with Crippen molar-refractivity contribution in [2.24, 2.45) is 5.73 Å². The fraction of sp³-hybridized carbons (Fsp3) is 0.111. The van der Waals surface area contributed by atoms with Crippen molar-refractivity contribution in [2.75, 3.05) is 5.73 Å². The van der Waals surface area contributed by atoms with Crippen LogP contribution in [0.25, 0.3) is 6.08 Å². The summed E-state index contributed by atoms with van der Waals surface area (Å²) in [5.41, 5.74) is 11.6. The number of pyridine rings is 1. The van der Waals surface area contributed by atoms with Crippen molar-refractivity contribution >= 4 is 29.3 Å². The second-order valence-corrected chi connectivity index (χ2v) is 3.07. The van der Waals surface area contributed by atoms with Gasteiger partial charge in [-0.1, -0.05) is 17.7 Å². The quantitative estimate of drug-likeness (QED) is 0.738. The SMILES string of the molecule is NC(=O)CC=Cc1nc(Cl)ccc1N. The Balaban J connectivity index is 2.80. The molecule has 0 aliphatic carbocycles. The molecule has 14 heavy (non-hydrogen) atoms. The fourth-order valence-electron chi connectivity index (χ4n) is 0.881. The van der Waals surface area contributed by atoms with Crippen molar-refractivity contribution in [3.8, 4) is 0 Å². The molecule has 1 rings (SSSR count). The molecule has 0 fully saturated rings. The lowest BCUT2D eigenvalue weighted by molar-refractivity contribution is -0.117. The van der Waals surface area contributed by atoms with E-state index in [-0.39, 0.29) is 6.42 Å². The maximum Gasteiger partial charge on any atom is 0.221 e. The van der Waals surface area contributed by atoms with Crippen molar-refractivity contribution in [1.82, 2.24) is 4.98 Å². The predicted molar refractivity (Wildman–Crippen MR) is 56.5 cm³/mol. The second kappa shape index (κ2) is 4.62. The summed E-state index contributed by atoms with van der Waals surface area (Å²) in [6.07, 6.45) is 3.37. The Kier molecular flexibility index (Phi) is 3.48. The zero-order valence-corrected chi connectivity index (χ0v) is 8.16. The third-order valence-electron chi connectivity index (χ3n) is 1.52. The highest BCUT2D eigenvalue weighted by atomic mass is 35.5. The maximum atomic E-state index is 10.4. The first kappa shape index (κ1) is 10.5. The summed E-state index contributed by atoms with van der Waals surface area (Å²) in [5.74, 6) is -0.401. The van der Waals surface area contributed by atoms with Gasteiger partial charge in [0, 0.05) is 6.42 Å². The number of primary amides is 1. The zero-order chi connectivity index (χ0) is 10.6. The summed E-state index contributed by atoms with van der Waals surface area (Å²) in [6.45, 7) is 0. The van der Waals surface area contributed by atoms with Crippen molar-refractivity contribution in [1.29, 1.82) is 0 Å². The Morgan fingerprint density at radius 2 is 2.29 bits per heavy atom. The van der Waals surface area contributed by atoms with Crippen LogP contribution in [0.5, 0.6) is 0 Å². The molecule has 0 aromatic carbocycles. The average Bonchev–Trinajstić information content (AvgIpc) is 2.10. The van der Waals surface area contributed by atoms with Gasteiger partial charge in [-0.15, -0.1) is 0 Å². The maximum absolute atomic E-state index is 10.4. The third-order valence-corrected chi connectivity index (χ3v) is 1.73. The summed E-state index contributed by atoms with van der Waals surface area (Å²) in [4.78, 5) is 14.4. The number of halogens is 1. The minimum atomic E-state index is -0.401. The van der Waals surface area contributed by atoms with E-state index in [9.17, 15) is 4.79 Å². The van der Waals surface area contributed by atoms with E-state index >= 15 is 0 Å². The van der Waals surface area contributed by atoms with Gasteiger partial charge in [-0.25, -0.2) is 4.98 Å². The van der Waals surface area contributed by atoms with Crippen molar-refractivity contribution < 1.29 is 4.79 Å². The second-order valence-electron chi connectivity index (χ2n) is 2.68. The molecule has 0 unspecified atom stereocenters. The summed E-state index contributed by atoms with van der Waals surface area (Å²) >= 11 is 5.67. The number of nitrogen functional groups attached to an aromatic ring is 1. The van der Waals surface area contributed by atoms with Crippen molar-refractivity contribution in [2.45, 2.75) is 6.42 Å². The first-order valence-electron chi connectivity index (χ1n) is 3.96. The highest BCUT2D eigenvalue weighted by molar-refractivity contribution is 6.29. The Morgan fingerprint density at radius 1 is 1.57 bits per heavy atom. The topological polar surface area (TPSA) is 82.0 Å². The largest absolute Gasteiger partial charge is 0.397 e. The Morgan fingerprint density at radius 3 is 2.93 bits per heavy atom. The standard InChI is InChI=1S/C9H10ClN3O/c10-8-5-4-6(11)7(13-8)2-1-3-9(12)14/h1-2,4-5H,3,11H2,(H2,12,14). The summed E-state index contributed by atoms with van der Waals surface area (Å²) in [7, 11) is 0. The lowest BCUT2D eigenvalue weighted by Crippen LogP contribution is -2.08. The van der Waals surface area contributed by atoms with E-state index < -0.39 is 5.91 Å². The molecule has 1 heterocycles. The van der Waals surface area contributed by atoms with Gasteiger partial charge in [0.2, 0.25) is 5.91 Å². The molecule has 0 aliphatic rings. The van der Waals surface area contributed by atoms with Crippen LogP contribution in [0.3, 0.4) is 0 Å². The highest BCUT2D eigenvalue weighted by Gasteiger charge is 1.97. The molecule has 0 atom stereocenters. The molecule has 0 saturated carbocycles. The minimum Gasteiger partial charge on any atom is -0.397 e. The van der Waals surface area contributed by atoms with Crippen LogP contribution in [0, 0.1) is 0 Å². The monoisotopic (exact) mass is 211 g/mol. The molecule has 0 radical (unpaired) electrons. The smallest absolute Gasteiger partial charge is 0.221 e. The van der Waals surface area contributed by atoms with Crippen LogP contribution in [-0.2, 0) is 4.79 Å². The minimum absolute atomic E-state index is 0.160. The predicted octanol–water partition coefficient (Wildman–Crippen LogP) is 1.21. The highest BCUT2D eigenvalue weighted by Crippen LogP contribution is 2.14. The zero-order valence-electron chi connectivity index (χ0n) is 7.40. The van der Waals surface area contributed by atoms with Gasteiger partial charge in [0.05, 0.1) is 11.4 Å². The lowest BCUT2D eigenvalue weighted by Gasteiger charge is -1.98. The molecule has 1 amide bonds. The summed E-state index contributed by atoms with van der Waals surface area (Å²) < 4.78 is 0. The van der Waals surface area contributed by atoms with Crippen LogP contribution < -0.4 is 11.5 Å². The number of hydrogen-bond donors (Lipinski definition) is 2. The number of rotatable bonds is 3. The van der Waals surface area contributed by atoms with Crippen molar-refractivity contribution in [3.05, 3.63) is 29.1 Å². The number of aromatic nitrogens is 1. The average molecular weight is 212 g/mol. The number of nitrogens with two attached hydrogens (primary N) is 2. The van der Waals surface area contributed by atoms with Gasteiger partial charge < -0.3 is 11.5 Å². The van der Waals surface area contributed by atoms with Gasteiger partial charge >= 0.3 is 0 Å². The van der Waals surface area contributed by atoms with Crippen LogP contribution in [0.4, 0.5) is 5.69 Å². The Labute approximate surface area is 86.6 Å². The molecule has 0 saturated heterocycles. The number of nitrogens with zero attached hydrogens (tertiary/aromatic N) is 1. The van der Waals surface area contributed by atoms with Gasteiger partial charge in [0.15, 0.2) is 0 Å². The van der Waals surface area contributed by atoms with E-state index in [0.717, 1.165) is 0 Å². The molecule has 4 nitrogen and oxygen atoms in total. The van der Waals surface area contributed by atoms with Crippen LogP contribution in [0.15, 0.2) is 18.2 Å². The molecular weight excluding hydrogens is 202 g/mol. The van der Waals surface area contributed by atoms with E-state index in [1.54, 1.807) is 24.3 Å². The number of anilines is 1. The normalized spacial score (nSPS) is 10.6. The van der Waals surface area contributed by atoms with E-state index in [4.69, 9.17) is 23.1 Å². The first-order valence-corrected chi connectivity index (χ1v) is 4.34. The molecule has 5 heteroatoms. The Bertz CT molecular complexity index is 376. The van der Waals surface area contributed by atoms with Gasteiger partial charge in [-0.05, 0) is 18.2 Å². The van der Waals surface area contributed by atoms with Crippen molar-refractivity contribution in [3.63, 3.8) is 0 Å². The van der Waals surface area contributed by atoms with Gasteiger partial charge in [-0.3, -0.25) is 4.79 Å². The van der Waals surface area contributed by atoms with Crippen LogP contribution in [0.2, 0.25) is 5.15 Å². The molecule has 0 spiro atoms. The van der Waals surface area contributed by atoms with Gasteiger partial charge in [0.25, 0.3) is 0 Å². The molecule has 74 valence electrons. The molecule has 1 aromatic heterocycles. The van der Waals surface area contributed by atoms with Crippen LogP contribution >= 0.6 is 11.6 Å². The summed E-state index contributed by atoms with van der Waals surface area (Å²) in [6, 6.07) is 3.25. The van der Waals surface area contributed by atoms with E-state index in [2.05, 4.69) is 4.98 Å². The van der Waals surface area contributed by atoms with E-state index in [1.165, 1.54) is 0 Å². The molecule has 0 aliphatic heterocycles.